The average molecular weight is 219 g/mol. The van der Waals surface area contributed by atoms with E-state index in [-0.39, 0.29) is 11.8 Å². The Morgan fingerprint density at radius 3 is 2.69 bits per heavy atom. The van der Waals surface area contributed by atoms with Gasteiger partial charge in [0.25, 0.3) is 0 Å². The summed E-state index contributed by atoms with van der Waals surface area (Å²) in [5, 5.41) is 0. The van der Waals surface area contributed by atoms with Crippen LogP contribution < -0.4 is 5.73 Å². The van der Waals surface area contributed by atoms with Crippen LogP contribution in [0.15, 0.2) is 18.2 Å². The van der Waals surface area contributed by atoms with E-state index in [0.29, 0.717) is 12.8 Å². The maximum atomic E-state index is 11.7. The third-order valence-electron chi connectivity index (χ3n) is 2.77. The van der Waals surface area contributed by atoms with Crippen LogP contribution in [0.1, 0.15) is 36.5 Å². The highest BCUT2D eigenvalue weighted by molar-refractivity contribution is 5.81. The summed E-state index contributed by atoms with van der Waals surface area (Å²) in [6.07, 6.45) is 1.91. The van der Waals surface area contributed by atoms with E-state index in [4.69, 9.17) is 5.73 Å². The quantitative estimate of drug-likeness (QED) is 0.827. The lowest BCUT2D eigenvalue weighted by Gasteiger charge is -2.07. The van der Waals surface area contributed by atoms with Gasteiger partial charge < -0.3 is 5.73 Å². The van der Waals surface area contributed by atoms with Crippen LogP contribution in [0, 0.1) is 13.8 Å². The molecule has 1 atom stereocenters. The molecule has 0 aliphatic rings. The van der Waals surface area contributed by atoms with Gasteiger partial charge in [0.2, 0.25) is 0 Å². The van der Waals surface area contributed by atoms with Gasteiger partial charge in [0.15, 0.2) is 0 Å². The summed E-state index contributed by atoms with van der Waals surface area (Å²) in [4.78, 5) is 11.7. The summed E-state index contributed by atoms with van der Waals surface area (Å²) >= 11 is 0. The third kappa shape index (κ3) is 4.15. The molecule has 2 N–H and O–H groups in total. The van der Waals surface area contributed by atoms with Crippen molar-refractivity contribution < 1.29 is 4.79 Å². The molecule has 0 aliphatic carbocycles. The molecule has 1 unspecified atom stereocenters. The summed E-state index contributed by atoms with van der Waals surface area (Å²) in [5.74, 6) is 0.283. The van der Waals surface area contributed by atoms with Crippen molar-refractivity contribution in [2.24, 2.45) is 5.73 Å². The largest absolute Gasteiger partial charge is 0.328 e. The van der Waals surface area contributed by atoms with E-state index in [1.54, 1.807) is 0 Å². The van der Waals surface area contributed by atoms with E-state index in [9.17, 15) is 4.79 Å². The van der Waals surface area contributed by atoms with Gasteiger partial charge >= 0.3 is 0 Å². The normalized spacial score (nSPS) is 12.5. The Balaban J connectivity index is 2.59. The van der Waals surface area contributed by atoms with Gasteiger partial charge in [-0.2, -0.15) is 0 Å². The molecule has 0 saturated carbocycles. The molecular weight excluding hydrogens is 198 g/mol. The SMILES string of the molecule is Cc1ccc(C)c(CC(=O)CCC(C)N)c1. The molecule has 0 radical (unpaired) electrons. The molecule has 0 spiro atoms. The van der Waals surface area contributed by atoms with E-state index in [1.807, 2.05) is 13.8 Å². The molecule has 0 aromatic heterocycles. The van der Waals surface area contributed by atoms with Gasteiger partial charge in [0, 0.05) is 18.9 Å². The first kappa shape index (κ1) is 12.9. The number of nitrogens with two attached hydrogens (primary N) is 1. The van der Waals surface area contributed by atoms with Crippen molar-refractivity contribution in [2.45, 2.75) is 46.1 Å². The van der Waals surface area contributed by atoms with Crippen LogP contribution in [0.2, 0.25) is 0 Å². The van der Waals surface area contributed by atoms with Crippen LogP contribution in [0.3, 0.4) is 0 Å². The number of hydrogen-bond acceptors (Lipinski definition) is 2. The Hall–Kier alpha value is -1.15. The van der Waals surface area contributed by atoms with Gasteiger partial charge in [0.1, 0.15) is 5.78 Å². The molecule has 88 valence electrons. The number of benzene rings is 1. The topological polar surface area (TPSA) is 43.1 Å². The van der Waals surface area contributed by atoms with Gasteiger partial charge in [0.05, 0.1) is 0 Å². The van der Waals surface area contributed by atoms with Crippen molar-refractivity contribution in [1.82, 2.24) is 0 Å². The van der Waals surface area contributed by atoms with E-state index in [1.165, 1.54) is 11.1 Å². The first-order chi connectivity index (χ1) is 7.49. The van der Waals surface area contributed by atoms with Gasteiger partial charge in [-0.15, -0.1) is 0 Å². The minimum absolute atomic E-state index is 0.113. The maximum absolute atomic E-state index is 11.7. The highest BCUT2D eigenvalue weighted by Crippen LogP contribution is 2.12. The van der Waals surface area contributed by atoms with Gasteiger partial charge in [-0.3, -0.25) is 4.79 Å². The number of hydrogen-bond donors (Lipinski definition) is 1. The fourth-order valence-corrected chi connectivity index (χ4v) is 1.68. The van der Waals surface area contributed by atoms with Gasteiger partial charge in [-0.05, 0) is 38.3 Å². The van der Waals surface area contributed by atoms with Crippen LogP contribution in [-0.2, 0) is 11.2 Å². The van der Waals surface area contributed by atoms with Crippen molar-refractivity contribution in [1.29, 1.82) is 0 Å². The van der Waals surface area contributed by atoms with Crippen molar-refractivity contribution >= 4 is 5.78 Å². The number of aryl methyl sites for hydroxylation is 2. The lowest BCUT2D eigenvalue weighted by Crippen LogP contribution is -2.17. The maximum Gasteiger partial charge on any atom is 0.137 e. The van der Waals surface area contributed by atoms with Crippen LogP contribution in [-0.4, -0.2) is 11.8 Å². The summed E-state index contributed by atoms with van der Waals surface area (Å²) in [5.41, 5.74) is 9.19. The van der Waals surface area contributed by atoms with Crippen molar-refractivity contribution in [3.63, 3.8) is 0 Å². The van der Waals surface area contributed by atoms with Gasteiger partial charge in [-0.25, -0.2) is 0 Å². The molecule has 1 aromatic rings. The molecule has 1 aromatic carbocycles. The number of carbonyl (C=O) groups is 1. The van der Waals surface area contributed by atoms with E-state index >= 15 is 0 Å². The van der Waals surface area contributed by atoms with Crippen LogP contribution in [0.4, 0.5) is 0 Å². The number of rotatable bonds is 5. The Morgan fingerprint density at radius 1 is 1.38 bits per heavy atom. The highest BCUT2D eigenvalue weighted by atomic mass is 16.1. The molecule has 0 amide bonds. The molecule has 0 saturated heterocycles. The molecule has 2 nitrogen and oxygen atoms in total. The molecule has 2 heteroatoms. The summed E-state index contributed by atoms with van der Waals surface area (Å²) in [7, 11) is 0. The average Bonchev–Trinajstić information content (AvgIpc) is 2.20. The zero-order valence-electron chi connectivity index (χ0n) is 10.4. The predicted molar refractivity (Wildman–Crippen MR) is 67.5 cm³/mol. The third-order valence-corrected chi connectivity index (χ3v) is 2.77. The smallest absolute Gasteiger partial charge is 0.137 e. The lowest BCUT2D eigenvalue weighted by atomic mass is 9.98. The molecule has 0 heterocycles. The van der Waals surface area contributed by atoms with Gasteiger partial charge in [-0.1, -0.05) is 23.8 Å². The minimum atomic E-state index is 0.113. The summed E-state index contributed by atoms with van der Waals surface area (Å²) in [6, 6.07) is 6.36. The minimum Gasteiger partial charge on any atom is -0.328 e. The second-order valence-corrected chi connectivity index (χ2v) is 4.66. The number of carbonyl (C=O) groups excluding carboxylic acids is 1. The van der Waals surface area contributed by atoms with Crippen molar-refractivity contribution in [3.8, 4) is 0 Å². The molecular formula is C14H21NO. The van der Waals surface area contributed by atoms with E-state index < -0.39 is 0 Å². The number of Topliss-reactive ketones (excluding diaryl/α,β-unsaturated/α-hetero) is 1. The van der Waals surface area contributed by atoms with Crippen LogP contribution >= 0.6 is 0 Å². The first-order valence-electron chi connectivity index (χ1n) is 5.82. The Kier molecular flexibility index (Phi) is 4.69. The first-order valence-corrected chi connectivity index (χ1v) is 5.82. The molecule has 16 heavy (non-hydrogen) atoms. The molecule has 0 aliphatic heterocycles. The molecule has 1 rings (SSSR count). The van der Waals surface area contributed by atoms with Crippen molar-refractivity contribution in [3.05, 3.63) is 34.9 Å². The predicted octanol–water partition coefficient (Wildman–Crippen LogP) is 2.54. The summed E-state index contributed by atoms with van der Waals surface area (Å²) in [6.45, 7) is 6.04. The Labute approximate surface area is 97.9 Å². The fraction of sp³-hybridized carbons (Fsp3) is 0.500. The standard InChI is InChI=1S/C14H21NO/c1-10-4-5-11(2)13(8-10)9-14(16)7-6-12(3)15/h4-5,8,12H,6-7,9,15H2,1-3H3. The number of ketones is 1. The highest BCUT2D eigenvalue weighted by Gasteiger charge is 2.07. The lowest BCUT2D eigenvalue weighted by molar-refractivity contribution is -0.118. The Morgan fingerprint density at radius 2 is 2.06 bits per heavy atom. The van der Waals surface area contributed by atoms with Crippen LogP contribution in [0.25, 0.3) is 0 Å². The molecule has 0 bridgehead atoms. The second-order valence-electron chi connectivity index (χ2n) is 4.66. The van der Waals surface area contributed by atoms with E-state index in [0.717, 1.165) is 12.0 Å². The van der Waals surface area contributed by atoms with Crippen molar-refractivity contribution in [2.75, 3.05) is 0 Å². The monoisotopic (exact) mass is 219 g/mol. The van der Waals surface area contributed by atoms with Crippen LogP contribution in [0.5, 0.6) is 0 Å². The zero-order valence-corrected chi connectivity index (χ0v) is 10.4. The van der Waals surface area contributed by atoms with E-state index in [2.05, 4.69) is 25.1 Å². The summed E-state index contributed by atoms with van der Waals surface area (Å²) < 4.78 is 0. The second kappa shape index (κ2) is 5.80. The fourth-order valence-electron chi connectivity index (χ4n) is 1.68. The zero-order chi connectivity index (χ0) is 12.1. The Bertz CT molecular complexity index is 369. The molecule has 0 fully saturated rings.